The van der Waals surface area contributed by atoms with Gasteiger partial charge in [0.2, 0.25) is 0 Å². The van der Waals surface area contributed by atoms with Gasteiger partial charge in [-0.2, -0.15) is 0 Å². The summed E-state index contributed by atoms with van der Waals surface area (Å²) >= 11 is 0. The fraction of sp³-hybridized carbons (Fsp3) is 0.231. The Morgan fingerprint density at radius 3 is 2.74 bits per heavy atom. The second kappa shape index (κ2) is 6.44. The van der Waals surface area contributed by atoms with Gasteiger partial charge in [0.25, 0.3) is 5.91 Å². The summed E-state index contributed by atoms with van der Waals surface area (Å²) in [6, 6.07) is 3.70. The Kier molecular flexibility index (Phi) is 4.39. The zero-order valence-corrected chi connectivity index (χ0v) is 10.6. The lowest BCUT2D eigenvalue weighted by molar-refractivity contribution is 0.0945. The first kappa shape index (κ1) is 12.9. The third-order valence-electron chi connectivity index (χ3n) is 2.43. The fourth-order valence-corrected chi connectivity index (χ4v) is 1.52. The molecule has 0 aliphatic rings. The lowest BCUT2D eigenvalue weighted by Crippen LogP contribution is -2.24. The Morgan fingerprint density at radius 2 is 2.00 bits per heavy atom. The maximum absolute atomic E-state index is 11.9. The van der Waals surface area contributed by atoms with Crippen molar-refractivity contribution in [3.05, 3.63) is 48.2 Å². The van der Waals surface area contributed by atoms with Crippen molar-refractivity contribution in [2.24, 2.45) is 0 Å². The van der Waals surface area contributed by atoms with Crippen LogP contribution in [0.15, 0.2) is 36.9 Å². The predicted molar refractivity (Wildman–Crippen MR) is 71.6 cm³/mol. The van der Waals surface area contributed by atoms with Gasteiger partial charge in [-0.05, 0) is 24.6 Å². The Bertz CT molecular complexity index is 544. The first-order chi connectivity index (χ1) is 9.29. The number of aromatic nitrogens is 3. The third-order valence-corrected chi connectivity index (χ3v) is 2.43. The van der Waals surface area contributed by atoms with Gasteiger partial charge in [0.1, 0.15) is 11.5 Å². The Labute approximate surface area is 111 Å². The second-order valence-corrected chi connectivity index (χ2v) is 3.86. The van der Waals surface area contributed by atoms with Gasteiger partial charge in [-0.1, -0.05) is 0 Å². The molecule has 2 rings (SSSR count). The predicted octanol–water partition coefficient (Wildman–Crippen LogP) is 1.23. The zero-order valence-electron chi connectivity index (χ0n) is 10.6. The van der Waals surface area contributed by atoms with E-state index in [9.17, 15) is 4.79 Å². The van der Waals surface area contributed by atoms with E-state index >= 15 is 0 Å². The minimum Gasteiger partial charge on any atom is -0.369 e. The molecule has 0 aliphatic heterocycles. The molecule has 0 radical (unpaired) electrons. The molecule has 0 aromatic carbocycles. The van der Waals surface area contributed by atoms with Gasteiger partial charge in [0.15, 0.2) is 0 Å². The number of nitrogens with zero attached hydrogens (tertiary/aromatic N) is 3. The van der Waals surface area contributed by atoms with Crippen LogP contribution < -0.4 is 10.6 Å². The lowest BCUT2D eigenvalue weighted by Gasteiger charge is -2.06. The Hall–Kier alpha value is -2.50. The normalized spacial score (nSPS) is 9.95. The summed E-state index contributed by atoms with van der Waals surface area (Å²) in [5.74, 6) is 0.350. The van der Waals surface area contributed by atoms with Crippen LogP contribution in [0.2, 0.25) is 0 Å². The van der Waals surface area contributed by atoms with E-state index in [0.717, 1.165) is 12.1 Å². The summed E-state index contributed by atoms with van der Waals surface area (Å²) in [6.45, 7) is 3.13. The van der Waals surface area contributed by atoms with E-state index in [1.165, 1.54) is 6.20 Å². The topological polar surface area (TPSA) is 79.8 Å². The largest absolute Gasteiger partial charge is 0.369 e. The van der Waals surface area contributed by atoms with Crippen LogP contribution in [0.3, 0.4) is 0 Å². The van der Waals surface area contributed by atoms with Crippen molar-refractivity contribution in [3.63, 3.8) is 0 Å². The molecular weight excluding hydrogens is 242 g/mol. The second-order valence-electron chi connectivity index (χ2n) is 3.86. The van der Waals surface area contributed by atoms with Crippen LogP contribution in [-0.4, -0.2) is 27.4 Å². The number of rotatable bonds is 5. The van der Waals surface area contributed by atoms with Crippen LogP contribution >= 0.6 is 0 Å². The van der Waals surface area contributed by atoms with Crippen LogP contribution in [0.1, 0.15) is 23.0 Å². The highest BCUT2D eigenvalue weighted by Crippen LogP contribution is 2.02. The summed E-state index contributed by atoms with van der Waals surface area (Å²) in [7, 11) is 0. The van der Waals surface area contributed by atoms with Gasteiger partial charge < -0.3 is 10.6 Å². The molecule has 19 heavy (non-hydrogen) atoms. The number of hydrogen-bond donors (Lipinski definition) is 2. The Balaban J connectivity index is 1.98. The van der Waals surface area contributed by atoms with E-state index < -0.39 is 0 Å². The maximum Gasteiger partial charge on any atom is 0.271 e. The van der Waals surface area contributed by atoms with Crippen molar-refractivity contribution in [2.75, 3.05) is 11.9 Å². The van der Waals surface area contributed by atoms with Crippen molar-refractivity contribution in [2.45, 2.75) is 13.5 Å². The summed E-state index contributed by atoms with van der Waals surface area (Å²) in [4.78, 5) is 24.0. The number of pyridine rings is 1. The number of amides is 1. The van der Waals surface area contributed by atoms with Gasteiger partial charge in [-0.15, -0.1) is 0 Å². The number of carbonyl (C=O) groups is 1. The number of anilines is 1. The molecule has 2 N–H and O–H groups in total. The maximum atomic E-state index is 11.9. The fourth-order valence-electron chi connectivity index (χ4n) is 1.52. The minimum absolute atomic E-state index is 0.246. The van der Waals surface area contributed by atoms with E-state index in [1.807, 2.05) is 19.1 Å². The molecule has 2 aromatic rings. The molecule has 0 fully saturated rings. The number of hydrogen-bond acceptors (Lipinski definition) is 5. The number of nitrogens with one attached hydrogen (secondary N) is 2. The highest BCUT2D eigenvalue weighted by atomic mass is 16.1. The highest BCUT2D eigenvalue weighted by Gasteiger charge is 2.08. The lowest BCUT2D eigenvalue weighted by atomic mass is 10.2. The molecule has 0 saturated heterocycles. The number of carbonyl (C=O) groups excluding carboxylic acids is 1. The first-order valence-electron chi connectivity index (χ1n) is 6.02. The summed E-state index contributed by atoms with van der Waals surface area (Å²) in [5.41, 5.74) is 1.28. The molecule has 2 aromatic heterocycles. The van der Waals surface area contributed by atoms with E-state index in [-0.39, 0.29) is 5.91 Å². The van der Waals surface area contributed by atoms with Crippen molar-refractivity contribution < 1.29 is 4.79 Å². The van der Waals surface area contributed by atoms with Gasteiger partial charge in [0, 0.05) is 25.5 Å². The summed E-state index contributed by atoms with van der Waals surface area (Å²) in [6.07, 6.45) is 6.41. The molecule has 0 saturated carbocycles. The van der Waals surface area contributed by atoms with E-state index in [0.29, 0.717) is 18.1 Å². The summed E-state index contributed by atoms with van der Waals surface area (Å²) < 4.78 is 0. The molecule has 0 spiro atoms. The van der Waals surface area contributed by atoms with Crippen LogP contribution in [0, 0.1) is 0 Å². The van der Waals surface area contributed by atoms with Gasteiger partial charge in [0.05, 0.1) is 12.4 Å². The molecular formula is C13H15N5O. The molecule has 2 heterocycles. The molecule has 0 unspecified atom stereocenters. The molecule has 6 nitrogen and oxygen atoms in total. The van der Waals surface area contributed by atoms with Crippen LogP contribution in [0.25, 0.3) is 0 Å². The standard InChI is InChI=1S/C13H15N5O/c1-2-16-12-9-15-8-11(18-12)13(19)17-7-10-3-5-14-6-4-10/h3-6,8-9H,2,7H2,1H3,(H,16,18)(H,17,19). The van der Waals surface area contributed by atoms with Crippen LogP contribution in [0.5, 0.6) is 0 Å². The van der Waals surface area contributed by atoms with E-state index in [1.54, 1.807) is 18.6 Å². The minimum atomic E-state index is -0.246. The van der Waals surface area contributed by atoms with Crippen molar-refractivity contribution >= 4 is 11.7 Å². The van der Waals surface area contributed by atoms with Gasteiger partial charge in [-0.3, -0.25) is 14.8 Å². The molecule has 98 valence electrons. The smallest absolute Gasteiger partial charge is 0.271 e. The average molecular weight is 257 g/mol. The van der Waals surface area contributed by atoms with Gasteiger partial charge in [-0.25, -0.2) is 4.98 Å². The van der Waals surface area contributed by atoms with E-state index in [2.05, 4.69) is 25.6 Å². The summed E-state index contributed by atoms with van der Waals surface area (Å²) in [5, 5.41) is 5.80. The average Bonchev–Trinajstić information content (AvgIpc) is 2.46. The van der Waals surface area contributed by atoms with Gasteiger partial charge >= 0.3 is 0 Å². The molecule has 1 amide bonds. The molecule has 0 aliphatic carbocycles. The Morgan fingerprint density at radius 1 is 1.21 bits per heavy atom. The third kappa shape index (κ3) is 3.74. The monoisotopic (exact) mass is 257 g/mol. The van der Waals surface area contributed by atoms with Crippen LogP contribution in [0.4, 0.5) is 5.82 Å². The highest BCUT2D eigenvalue weighted by molar-refractivity contribution is 5.92. The van der Waals surface area contributed by atoms with Crippen molar-refractivity contribution in [3.8, 4) is 0 Å². The SMILES string of the molecule is CCNc1cncc(C(=O)NCc2ccncc2)n1. The van der Waals surface area contributed by atoms with Crippen molar-refractivity contribution in [1.29, 1.82) is 0 Å². The van der Waals surface area contributed by atoms with E-state index in [4.69, 9.17) is 0 Å². The first-order valence-corrected chi connectivity index (χ1v) is 6.02. The molecule has 6 heteroatoms. The van der Waals surface area contributed by atoms with Crippen molar-refractivity contribution in [1.82, 2.24) is 20.3 Å². The molecule has 0 bridgehead atoms. The zero-order chi connectivity index (χ0) is 13.5. The quantitative estimate of drug-likeness (QED) is 0.842. The molecule has 0 atom stereocenters. The van der Waals surface area contributed by atoms with Crippen LogP contribution in [-0.2, 0) is 6.54 Å².